The van der Waals surface area contributed by atoms with Crippen LogP contribution in [0.3, 0.4) is 0 Å². The summed E-state index contributed by atoms with van der Waals surface area (Å²) < 4.78 is 10.9. The fourth-order valence-electron chi connectivity index (χ4n) is 2.99. The fourth-order valence-corrected chi connectivity index (χ4v) is 3.59. The normalized spacial score (nSPS) is 12.4. The molecule has 0 aromatic rings. The second-order valence-corrected chi connectivity index (χ2v) is 8.39. The van der Waals surface area contributed by atoms with Crippen molar-refractivity contribution in [2.75, 3.05) is 12.0 Å². The predicted molar refractivity (Wildman–Crippen MR) is 103 cm³/mol. The lowest BCUT2D eigenvalue weighted by Gasteiger charge is -2.03. The molecule has 0 saturated carbocycles. The van der Waals surface area contributed by atoms with Gasteiger partial charge >= 0.3 is 0 Å². The molecule has 2 nitrogen and oxygen atoms in total. The summed E-state index contributed by atoms with van der Waals surface area (Å²) in [6, 6.07) is 0. The van der Waals surface area contributed by atoms with Gasteiger partial charge in [-0.2, -0.15) is 0 Å². The van der Waals surface area contributed by atoms with Gasteiger partial charge in [-0.15, -0.1) is 0 Å². The molecule has 0 spiro atoms. The van der Waals surface area contributed by atoms with Crippen molar-refractivity contribution in [1.29, 1.82) is 0 Å². The minimum atomic E-state index is -0.963. The minimum Gasteiger partial charge on any atom is -0.299 e. The van der Waals surface area contributed by atoms with Gasteiger partial charge in [0.15, 0.2) is 0 Å². The summed E-state index contributed by atoms with van der Waals surface area (Å²) in [5.74, 6) is 0.416. The van der Waals surface area contributed by atoms with Crippen LogP contribution in [-0.4, -0.2) is 22.0 Å². The van der Waals surface area contributed by atoms with E-state index in [4.69, 9.17) is 0 Å². The highest BCUT2D eigenvalue weighted by Crippen LogP contribution is 2.13. The van der Waals surface area contributed by atoms with Crippen molar-refractivity contribution < 1.29 is 9.00 Å². The van der Waals surface area contributed by atoms with E-state index in [9.17, 15) is 9.00 Å². The van der Waals surface area contributed by atoms with Gasteiger partial charge in [-0.05, 0) is 6.42 Å². The monoisotopic (exact) mass is 344 g/mol. The lowest BCUT2D eigenvalue weighted by atomic mass is 10.0. The summed E-state index contributed by atoms with van der Waals surface area (Å²) in [5, 5.41) is 0. The Morgan fingerprint density at radius 2 is 1.00 bits per heavy atom. The summed E-state index contributed by atoms with van der Waals surface area (Å²) in [6.45, 7) is 2.27. The standard InChI is InChI=1S/C20H40O2S/c1-3-4-5-6-7-8-9-10-11-12-13-14-15-16-17-18-20(21)19-23(2)22/h3-19H2,1-2H3. The molecule has 0 rings (SSSR count). The van der Waals surface area contributed by atoms with Gasteiger partial charge < -0.3 is 0 Å². The van der Waals surface area contributed by atoms with Crippen LogP contribution in [0.15, 0.2) is 0 Å². The Kier molecular flexibility index (Phi) is 18.0. The maximum atomic E-state index is 11.4. The van der Waals surface area contributed by atoms with Crippen LogP contribution in [0.1, 0.15) is 110 Å². The second-order valence-electron chi connectivity index (χ2n) is 6.96. The Morgan fingerprint density at radius 3 is 1.35 bits per heavy atom. The molecule has 0 bridgehead atoms. The molecule has 1 unspecified atom stereocenters. The molecular weight excluding hydrogens is 304 g/mol. The van der Waals surface area contributed by atoms with E-state index in [0.717, 1.165) is 12.8 Å². The van der Waals surface area contributed by atoms with Crippen molar-refractivity contribution in [1.82, 2.24) is 0 Å². The van der Waals surface area contributed by atoms with Crippen LogP contribution in [0, 0.1) is 0 Å². The molecule has 1 atom stereocenters. The zero-order valence-electron chi connectivity index (χ0n) is 15.7. The first kappa shape index (κ1) is 22.8. The van der Waals surface area contributed by atoms with Crippen molar-refractivity contribution in [3.63, 3.8) is 0 Å². The first-order valence-electron chi connectivity index (χ1n) is 9.98. The lowest BCUT2D eigenvalue weighted by Crippen LogP contribution is -2.08. The minimum absolute atomic E-state index is 0.167. The molecule has 0 heterocycles. The highest BCUT2D eigenvalue weighted by Gasteiger charge is 2.03. The molecule has 0 fully saturated rings. The number of Topliss-reactive ketones (excluding diaryl/α,β-unsaturated/α-hetero) is 1. The van der Waals surface area contributed by atoms with Crippen LogP contribution in [0.25, 0.3) is 0 Å². The van der Waals surface area contributed by atoms with Gasteiger partial charge in [0.2, 0.25) is 0 Å². The zero-order chi connectivity index (χ0) is 17.2. The average molecular weight is 345 g/mol. The van der Waals surface area contributed by atoms with Crippen LogP contribution in [0.2, 0.25) is 0 Å². The Hall–Kier alpha value is -0.180. The van der Waals surface area contributed by atoms with Gasteiger partial charge in [-0.1, -0.05) is 96.8 Å². The van der Waals surface area contributed by atoms with Crippen molar-refractivity contribution in [2.45, 2.75) is 110 Å². The topological polar surface area (TPSA) is 34.1 Å². The first-order valence-corrected chi connectivity index (χ1v) is 11.7. The van der Waals surface area contributed by atoms with Gasteiger partial charge in [0, 0.05) is 23.5 Å². The predicted octanol–water partition coefficient (Wildman–Crippen LogP) is 6.20. The quantitative estimate of drug-likeness (QED) is 0.278. The van der Waals surface area contributed by atoms with Crippen molar-refractivity contribution in [3.05, 3.63) is 0 Å². The van der Waals surface area contributed by atoms with Crippen LogP contribution >= 0.6 is 0 Å². The molecule has 0 aliphatic heterocycles. The molecule has 23 heavy (non-hydrogen) atoms. The first-order chi connectivity index (χ1) is 11.2. The number of carbonyl (C=O) groups excluding carboxylic acids is 1. The summed E-state index contributed by atoms with van der Waals surface area (Å²) in [6.07, 6.45) is 22.4. The molecule has 0 amide bonds. The van der Waals surface area contributed by atoms with E-state index in [1.165, 1.54) is 83.5 Å². The third kappa shape index (κ3) is 19.8. The van der Waals surface area contributed by atoms with Gasteiger partial charge in [-0.25, -0.2) is 0 Å². The lowest BCUT2D eigenvalue weighted by molar-refractivity contribution is -0.116. The van der Waals surface area contributed by atoms with E-state index in [2.05, 4.69) is 6.92 Å². The smallest absolute Gasteiger partial charge is 0.145 e. The van der Waals surface area contributed by atoms with E-state index in [-0.39, 0.29) is 11.5 Å². The maximum Gasteiger partial charge on any atom is 0.145 e. The van der Waals surface area contributed by atoms with Crippen LogP contribution in [-0.2, 0) is 15.6 Å². The van der Waals surface area contributed by atoms with E-state index < -0.39 is 10.8 Å². The fraction of sp³-hybridized carbons (Fsp3) is 0.950. The molecule has 0 N–H and O–H groups in total. The summed E-state index contributed by atoms with van der Waals surface area (Å²) in [7, 11) is -0.963. The summed E-state index contributed by atoms with van der Waals surface area (Å²) in [4.78, 5) is 11.4. The van der Waals surface area contributed by atoms with Crippen molar-refractivity contribution in [2.24, 2.45) is 0 Å². The van der Waals surface area contributed by atoms with Crippen molar-refractivity contribution in [3.8, 4) is 0 Å². The molecule has 0 aromatic heterocycles. The molecule has 0 aliphatic carbocycles. The Morgan fingerprint density at radius 1 is 0.652 bits per heavy atom. The molecule has 0 aromatic carbocycles. The highest BCUT2D eigenvalue weighted by atomic mass is 32.2. The zero-order valence-corrected chi connectivity index (χ0v) is 16.6. The number of hydrogen-bond acceptors (Lipinski definition) is 2. The summed E-state index contributed by atoms with van der Waals surface area (Å²) >= 11 is 0. The molecule has 0 aliphatic rings. The second kappa shape index (κ2) is 18.2. The maximum absolute atomic E-state index is 11.4. The average Bonchev–Trinajstić information content (AvgIpc) is 2.50. The molecule has 0 radical (unpaired) electrons. The van der Waals surface area contributed by atoms with E-state index in [1.807, 2.05) is 0 Å². The van der Waals surface area contributed by atoms with E-state index >= 15 is 0 Å². The van der Waals surface area contributed by atoms with E-state index in [0.29, 0.717) is 6.42 Å². The molecule has 0 saturated heterocycles. The highest BCUT2D eigenvalue weighted by molar-refractivity contribution is 7.85. The number of ketones is 1. The Labute approximate surface area is 147 Å². The molecular formula is C20H40O2S. The van der Waals surface area contributed by atoms with Gasteiger partial charge in [0.05, 0.1) is 5.75 Å². The number of carbonyl (C=O) groups is 1. The third-order valence-corrected chi connectivity index (χ3v) is 5.15. The molecule has 138 valence electrons. The Balaban J connectivity index is 3.08. The van der Waals surface area contributed by atoms with Crippen LogP contribution in [0.4, 0.5) is 0 Å². The number of rotatable bonds is 18. The van der Waals surface area contributed by atoms with Gasteiger partial charge in [0.25, 0.3) is 0 Å². The van der Waals surface area contributed by atoms with Gasteiger partial charge in [0.1, 0.15) is 5.78 Å². The van der Waals surface area contributed by atoms with Crippen molar-refractivity contribution >= 4 is 16.6 Å². The molecule has 3 heteroatoms. The summed E-state index contributed by atoms with van der Waals surface area (Å²) in [5.41, 5.74) is 0. The SMILES string of the molecule is CCCCCCCCCCCCCCCCCC(=O)CS(C)=O. The van der Waals surface area contributed by atoms with E-state index in [1.54, 1.807) is 6.26 Å². The van der Waals surface area contributed by atoms with Crippen LogP contribution in [0.5, 0.6) is 0 Å². The Bertz CT molecular complexity index is 289. The third-order valence-electron chi connectivity index (χ3n) is 4.42. The van der Waals surface area contributed by atoms with Crippen LogP contribution < -0.4 is 0 Å². The number of unbranched alkanes of at least 4 members (excludes halogenated alkanes) is 14. The number of hydrogen-bond donors (Lipinski definition) is 0. The van der Waals surface area contributed by atoms with Gasteiger partial charge in [-0.3, -0.25) is 9.00 Å². The largest absolute Gasteiger partial charge is 0.299 e.